The largest absolute Gasteiger partial charge is 0.293 e. The van der Waals surface area contributed by atoms with E-state index < -0.39 is 0 Å². The summed E-state index contributed by atoms with van der Waals surface area (Å²) in [4.78, 5) is 3.55. The first-order chi connectivity index (χ1) is 22.8. The summed E-state index contributed by atoms with van der Waals surface area (Å²) in [5, 5.41) is 0. The predicted molar refractivity (Wildman–Crippen MR) is 189 cm³/mol. The van der Waals surface area contributed by atoms with Gasteiger partial charge in [0.2, 0.25) is 0 Å². The van der Waals surface area contributed by atoms with E-state index in [2.05, 4.69) is 4.90 Å². The molecule has 0 radical (unpaired) electrons. The number of hydrogen-bond donors (Lipinski definition) is 0. The molecule has 46 heavy (non-hydrogen) atoms. The van der Waals surface area contributed by atoms with E-state index in [1.165, 1.54) is 0 Å². The van der Waals surface area contributed by atoms with E-state index in [1.807, 2.05) is 0 Å². The minimum atomic E-state index is 0.986. The van der Waals surface area contributed by atoms with Crippen LogP contribution in [0.3, 0.4) is 0 Å². The van der Waals surface area contributed by atoms with Crippen LogP contribution in [0.2, 0.25) is 0 Å². The summed E-state index contributed by atoms with van der Waals surface area (Å²) < 4.78 is 0. The second kappa shape index (κ2) is 11.8. The lowest BCUT2D eigenvalue weighted by atomic mass is 9.54. The van der Waals surface area contributed by atoms with Crippen molar-refractivity contribution in [1.29, 1.82) is 0 Å². The van der Waals surface area contributed by atoms with Crippen LogP contribution >= 0.6 is 0 Å². The molecule has 11 rings (SSSR count). The van der Waals surface area contributed by atoms with E-state index in [-0.39, 0.29) is 0 Å². The molecule has 1 nitrogen and oxygen atoms in total. The van der Waals surface area contributed by atoms with Gasteiger partial charge in [-0.05, 0) is 178 Å². The highest BCUT2D eigenvalue weighted by molar-refractivity contribution is 5.15. The minimum absolute atomic E-state index is 0.986. The van der Waals surface area contributed by atoms with Crippen LogP contribution in [-0.4, -0.2) is 23.0 Å². The maximum absolute atomic E-state index is 3.55. The first-order valence-corrected chi connectivity index (χ1v) is 22.6. The summed E-state index contributed by atoms with van der Waals surface area (Å²) >= 11 is 0. The van der Waals surface area contributed by atoms with Gasteiger partial charge in [0.05, 0.1) is 0 Å². The summed E-state index contributed by atoms with van der Waals surface area (Å²) in [7, 11) is 0. The Bertz CT molecular complexity index is 1100. The van der Waals surface area contributed by atoms with Crippen LogP contribution in [-0.2, 0) is 0 Å². The van der Waals surface area contributed by atoms with Gasteiger partial charge in [0.15, 0.2) is 0 Å². The van der Waals surface area contributed by atoms with E-state index in [0.717, 1.165) is 113 Å². The second-order valence-corrected chi connectivity index (χ2v) is 20.9. The number of hydrogen-bond acceptors (Lipinski definition) is 1. The Morgan fingerprint density at radius 3 is 1.57 bits per heavy atom. The summed E-state index contributed by atoms with van der Waals surface area (Å²) in [5.41, 5.74) is 0. The molecular weight excluding hydrogens is 555 g/mol. The molecule has 11 aliphatic rings. The average Bonchev–Trinajstić information content (AvgIpc) is 3.88. The molecule has 11 fully saturated rings. The van der Waals surface area contributed by atoms with E-state index in [0.29, 0.717) is 0 Å². The van der Waals surface area contributed by atoms with Crippen LogP contribution in [0.25, 0.3) is 0 Å². The predicted octanol–water partition coefficient (Wildman–Crippen LogP) is 11.5. The summed E-state index contributed by atoms with van der Waals surface area (Å²) in [6.07, 6.45) is 41.9. The molecule has 0 bridgehead atoms. The maximum atomic E-state index is 3.55. The monoisotopic (exact) mass is 626 g/mol. The van der Waals surface area contributed by atoms with Crippen LogP contribution < -0.4 is 0 Å². The number of rotatable bonds is 2. The molecule has 1 aliphatic heterocycles. The fraction of sp³-hybridized carbons (Fsp3) is 1.00. The molecule has 1 heteroatoms. The normalized spacial score (nSPS) is 59.3. The van der Waals surface area contributed by atoms with Crippen molar-refractivity contribution in [1.82, 2.24) is 4.90 Å². The van der Waals surface area contributed by atoms with Crippen molar-refractivity contribution in [2.24, 2.45) is 94.7 Å². The van der Waals surface area contributed by atoms with Crippen LogP contribution in [0.15, 0.2) is 0 Å². The average molecular weight is 626 g/mol. The molecule has 18 atom stereocenters. The van der Waals surface area contributed by atoms with Crippen molar-refractivity contribution < 1.29 is 0 Å². The third-order valence-corrected chi connectivity index (χ3v) is 19.9. The molecule has 1 saturated heterocycles. The Morgan fingerprint density at radius 1 is 0.261 bits per heavy atom. The van der Waals surface area contributed by atoms with Crippen LogP contribution in [0.5, 0.6) is 0 Å². The van der Waals surface area contributed by atoms with Gasteiger partial charge in [0.25, 0.3) is 0 Å². The number of fused-ring (bicyclic) bond motifs is 13. The Hall–Kier alpha value is -0.0400. The first kappa shape index (κ1) is 29.7. The van der Waals surface area contributed by atoms with Gasteiger partial charge in [0.1, 0.15) is 0 Å². The zero-order valence-electron chi connectivity index (χ0n) is 29.8. The van der Waals surface area contributed by atoms with E-state index in [1.54, 1.807) is 167 Å². The van der Waals surface area contributed by atoms with Crippen molar-refractivity contribution in [3.8, 4) is 0 Å². The lowest BCUT2D eigenvalue weighted by molar-refractivity contribution is -0.0343. The third-order valence-electron chi connectivity index (χ3n) is 19.9. The molecule has 1 heterocycles. The van der Waals surface area contributed by atoms with Crippen LogP contribution in [0, 0.1) is 94.7 Å². The lowest BCUT2D eigenvalue weighted by Gasteiger charge is -2.52. The zero-order chi connectivity index (χ0) is 29.9. The van der Waals surface area contributed by atoms with Gasteiger partial charge in [-0.1, -0.05) is 83.5 Å². The molecule has 0 aromatic heterocycles. The minimum Gasteiger partial charge on any atom is -0.293 e. The highest BCUT2D eigenvalue weighted by Crippen LogP contribution is 2.67. The molecule has 256 valence electrons. The molecule has 10 aliphatic carbocycles. The van der Waals surface area contributed by atoms with Crippen molar-refractivity contribution in [3.63, 3.8) is 0 Å². The molecular formula is C45H71N. The smallest absolute Gasteiger partial charge is 0.0164 e. The Morgan fingerprint density at radius 2 is 0.804 bits per heavy atom. The first-order valence-electron chi connectivity index (χ1n) is 22.6. The van der Waals surface area contributed by atoms with Gasteiger partial charge in [-0.2, -0.15) is 0 Å². The lowest BCUT2D eigenvalue weighted by Crippen LogP contribution is -2.55. The summed E-state index contributed by atoms with van der Waals surface area (Å²) in [6, 6.07) is 2.99. The zero-order valence-corrected chi connectivity index (χ0v) is 29.8. The van der Waals surface area contributed by atoms with E-state index in [9.17, 15) is 0 Å². The topological polar surface area (TPSA) is 3.24 Å². The van der Waals surface area contributed by atoms with Crippen molar-refractivity contribution >= 4 is 0 Å². The Kier molecular flexibility index (Phi) is 7.58. The van der Waals surface area contributed by atoms with Crippen molar-refractivity contribution in [2.75, 3.05) is 0 Å². The van der Waals surface area contributed by atoms with Crippen molar-refractivity contribution in [2.45, 2.75) is 185 Å². The van der Waals surface area contributed by atoms with Gasteiger partial charge in [-0.15, -0.1) is 0 Å². The molecule has 0 amide bonds. The van der Waals surface area contributed by atoms with Crippen LogP contribution in [0.4, 0.5) is 0 Å². The molecule has 0 aromatic rings. The van der Waals surface area contributed by atoms with Gasteiger partial charge in [0, 0.05) is 18.1 Å². The Labute approximate surface area is 283 Å². The van der Waals surface area contributed by atoms with Gasteiger partial charge >= 0.3 is 0 Å². The van der Waals surface area contributed by atoms with Gasteiger partial charge < -0.3 is 0 Å². The molecule has 18 unspecified atom stereocenters. The van der Waals surface area contributed by atoms with Gasteiger partial charge in [-0.25, -0.2) is 0 Å². The molecule has 10 saturated carbocycles. The SMILES string of the molecule is C1CCC2CC(C3CC4CCCCC4C4CC5C(CCCC5N5C6CCCCC6C6CCC7C8CCCCC8CC7C65)C34)CC2C1. The molecule has 0 aromatic carbocycles. The number of likely N-dealkylation sites (tertiary alicyclic amines) is 1. The highest BCUT2D eigenvalue weighted by Gasteiger charge is 2.64. The van der Waals surface area contributed by atoms with E-state index in [4.69, 9.17) is 0 Å². The Balaban J connectivity index is 0.932. The maximum Gasteiger partial charge on any atom is 0.0164 e. The van der Waals surface area contributed by atoms with Crippen molar-refractivity contribution in [3.05, 3.63) is 0 Å². The summed E-state index contributed by atoms with van der Waals surface area (Å²) in [5.74, 6) is 17.9. The quantitative estimate of drug-likeness (QED) is 0.295. The fourth-order valence-electron chi connectivity index (χ4n) is 18.8. The summed E-state index contributed by atoms with van der Waals surface area (Å²) in [6.45, 7) is 0. The second-order valence-electron chi connectivity index (χ2n) is 20.9. The fourth-order valence-corrected chi connectivity index (χ4v) is 18.8. The highest BCUT2D eigenvalue weighted by atomic mass is 15.3. The standard InChI is InChI=1S/C45H71N/c1-2-11-28-23-31(22-27(28)10-1)38-24-29-12-4-6-15-33(29)40-26-39-36(44(38)40)17-9-19-43(39)46-42-18-8-7-16-35(42)37-21-20-34-32-14-5-3-13-30(32)25-41(34)45(37)46/h27-45H,1-26H2. The van der Waals surface area contributed by atoms with Gasteiger partial charge in [-0.3, -0.25) is 4.90 Å². The molecule has 0 spiro atoms. The molecule has 0 N–H and O–H groups in total. The number of nitrogens with zero attached hydrogens (tertiary/aromatic N) is 1. The van der Waals surface area contributed by atoms with Crippen LogP contribution in [0.1, 0.15) is 167 Å². The third kappa shape index (κ3) is 4.45. The van der Waals surface area contributed by atoms with E-state index >= 15 is 0 Å².